The molecule has 2 aliphatic heterocycles. The maximum Gasteiger partial charge on any atom is 0.189 e. The van der Waals surface area contributed by atoms with E-state index < -0.39 is 5.82 Å². The fraction of sp³-hybridized carbons (Fsp3) is 0.235. The third-order valence-corrected chi connectivity index (χ3v) is 4.56. The van der Waals surface area contributed by atoms with Crippen molar-refractivity contribution in [1.29, 1.82) is 0 Å². The zero-order valence-corrected chi connectivity index (χ0v) is 14.1. The summed E-state index contributed by atoms with van der Waals surface area (Å²) in [6, 6.07) is 7.67. The summed E-state index contributed by atoms with van der Waals surface area (Å²) in [5, 5.41) is 14.2. The molecule has 2 heterocycles. The van der Waals surface area contributed by atoms with Gasteiger partial charge in [-0.3, -0.25) is 0 Å². The quantitative estimate of drug-likeness (QED) is 0.819. The standard InChI is InChI=1S/C17H14BrFN2O3/c18-10-3-9-7-23-8-24-17(9)13(4-10)15-6-14(20-21-15)12-5-11(19)1-2-16(12)22/h1-5,15,21-22H,6-8H2/t15-/m1/s1. The first-order valence-electron chi connectivity index (χ1n) is 7.45. The predicted molar refractivity (Wildman–Crippen MR) is 89.5 cm³/mol. The van der Waals surface area contributed by atoms with E-state index in [-0.39, 0.29) is 18.6 Å². The van der Waals surface area contributed by atoms with E-state index in [1.54, 1.807) is 0 Å². The van der Waals surface area contributed by atoms with Gasteiger partial charge < -0.3 is 20.0 Å². The molecule has 0 radical (unpaired) electrons. The van der Waals surface area contributed by atoms with Crippen molar-refractivity contribution in [2.75, 3.05) is 6.79 Å². The third kappa shape index (κ3) is 2.74. The van der Waals surface area contributed by atoms with Gasteiger partial charge in [-0.2, -0.15) is 5.10 Å². The Balaban J connectivity index is 1.65. The van der Waals surface area contributed by atoms with Gasteiger partial charge in [-0.15, -0.1) is 0 Å². The number of nitrogens with zero attached hydrogens (tertiary/aromatic N) is 1. The average molecular weight is 393 g/mol. The highest BCUT2D eigenvalue weighted by atomic mass is 79.9. The number of hydrogen-bond acceptors (Lipinski definition) is 5. The third-order valence-electron chi connectivity index (χ3n) is 4.10. The Labute approximate surface area is 146 Å². The van der Waals surface area contributed by atoms with Crippen LogP contribution in [0.25, 0.3) is 0 Å². The van der Waals surface area contributed by atoms with Crippen molar-refractivity contribution in [3.63, 3.8) is 0 Å². The number of hydrazone groups is 1. The molecule has 5 nitrogen and oxygen atoms in total. The van der Waals surface area contributed by atoms with Gasteiger partial charge in [-0.05, 0) is 30.3 Å². The number of rotatable bonds is 2. The molecule has 124 valence electrons. The van der Waals surface area contributed by atoms with Crippen LogP contribution in [0, 0.1) is 5.82 Å². The van der Waals surface area contributed by atoms with Crippen LogP contribution in [-0.2, 0) is 11.3 Å². The van der Waals surface area contributed by atoms with Crippen LogP contribution in [-0.4, -0.2) is 17.6 Å². The second-order valence-corrected chi connectivity index (χ2v) is 6.62. The molecule has 0 bridgehead atoms. The van der Waals surface area contributed by atoms with E-state index in [1.165, 1.54) is 18.2 Å². The van der Waals surface area contributed by atoms with Crippen molar-refractivity contribution < 1.29 is 19.0 Å². The molecule has 1 atom stereocenters. The molecule has 0 saturated carbocycles. The normalized spacial score (nSPS) is 19.2. The molecule has 0 spiro atoms. The largest absolute Gasteiger partial charge is 0.507 e. The van der Waals surface area contributed by atoms with Gasteiger partial charge in [0.1, 0.15) is 17.3 Å². The monoisotopic (exact) mass is 392 g/mol. The molecule has 2 aromatic carbocycles. The summed E-state index contributed by atoms with van der Waals surface area (Å²) < 4.78 is 25.4. The van der Waals surface area contributed by atoms with Crippen molar-refractivity contribution in [3.05, 3.63) is 57.3 Å². The number of aromatic hydroxyl groups is 1. The van der Waals surface area contributed by atoms with E-state index in [1.807, 2.05) is 12.1 Å². The second-order valence-electron chi connectivity index (χ2n) is 5.70. The Hall–Kier alpha value is -2.12. The summed E-state index contributed by atoms with van der Waals surface area (Å²) in [6.07, 6.45) is 0.518. The molecule has 0 aromatic heterocycles. The maximum absolute atomic E-state index is 13.5. The van der Waals surface area contributed by atoms with Gasteiger partial charge in [0, 0.05) is 27.6 Å². The highest BCUT2D eigenvalue weighted by Gasteiger charge is 2.28. The minimum atomic E-state index is -0.408. The molecular weight excluding hydrogens is 379 g/mol. The number of phenols is 1. The molecule has 24 heavy (non-hydrogen) atoms. The zero-order chi connectivity index (χ0) is 16.7. The summed E-state index contributed by atoms with van der Waals surface area (Å²) in [6.45, 7) is 0.708. The lowest BCUT2D eigenvalue weighted by Crippen LogP contribution is -2.17. The van der Waals surface area contributed by atoms with E-state index in [9.17, 15) is 9.50 Å². The Morgan fingerprint density at radius 3 is 3.04 bits per heavy atom. The van der Waals surface area contributed by atoms with Gasteiger partial charge >= 0.3 is 0 Å². The van der Waals surface area contributed by atoms with Crippen molar-refractivity contribution in [3.8, 4) is 11.5 Å². The maximum atomic E-state index is 13.5. The van der Waals surface area contributed by atoms with Crippen molar-refractivity contribution in [2.45, 2.75) is 19.1 Å². The molecule has 0 unspecified atom stereocenters. The topological polar surface area (TPSA) is 63.1 Å². The van der Waals surface area contributed by atoms with E-state index in [0.717, 1.165) is 21.3 Å². The zero-order valence-electron chi connectivity index (χ0n) is 12.6. The Morgan fingerprint density at radius 1 is 1.29 bits per heavy atom. The van der Waals surface area contributed by atoms with Crippen molar-refractivity contribution in [2.24, 2.45) is 5.10 Å². The fourth-order valence-corrected chi connectivity index (χ4v) is 3.52. The second kappa shape index (κ2) is 6.07. The number of benzene rings is 2. The number of fused-ring (bicyclic) bond motifs is 1. The minimum absolute atomic E-state index is 0.0125. The number of ether oxygens (including phenoxy) is 2. The molecular formula is C17H14BrFN2O3. The average Bonchev–Trinajstić information content (AvgIpc) is 3.06. The minimum Gasteiger partial charge on any atom is -0.507 e. The van der Waals surface area contributed by atoms with Crippen LogP contribution in [0.2, 0.25) is 0 Å². The van der Waals surface area contributed by atoms with Crippen LogP contribution < -0.4 is 10.2 Å². The van der Waals surface area contributed by atoms with Gasteiger partial charge in [0.25, 0.3) is 0 Å². The lowest BCUT2D eigenvalue weighted by molar-refractivity contribution is -0.0173. The fourth-order valence-electron chi connectivity index (χ4n) is 3.00. The van der Waals surface area contributed by atoms with Gasteiger partial charge in [0.2, 0.25) is 0 Å². The van der Waals surface area contributed by atoms with Gasteiger partial charge in [0.15, 0.2) is 6.79 Å². The van der Waals surface area contributed by atoms with Crippen molar-refractivity contribution in [1.82, 2.24) is 5.43 Å². The number of halogens is 2. The molecule has 0 aliphatic carbocycles. The molecule has 0 fully saturated rings. The lowest BCUT2D eigenvalue weighted by atomic mass is 9.96. The molecule has 2 N–H and O–H groups in total. The van der Waals surface area contributed by atoms with Crippen molar-refractivity contribution >= 4 is 21.6 Å². The van der Waals surface area contributed by atoms with Crippen LogP contribution in [0.4, 0.5) is 4.39 Å². The van der Waals surface area contributed by atoms with E-state index in [4.69, 9.17) is 9.47 Å². The van der Waals surface area contributed by atoms with E-state index in [2.05, 4.69) is 26.5 Å². The highest BCUT2D eigenvalue weighted by Crippen LogP contribution is 2.38. The first-order valence-corrected chi connectivity index (χ1v) is 8.25. The number of hydrogen-bond donors (Lipinski definition) is 2. The molecule has 4 rings (SSSR count). The first-order chi connectivity index (χ1) is 11.6. The molecule has 2 aliphatic rings. The van der Waals surface area contributed by atoms with Crippen LogP contribution in [0.1, 0.15) is 29.2 Å². The summed E-state index contributed by atoms with van der Waals surface area (Å²) >= 11 is 3.50. The smallest absolute Gasteiger partial charge is 0.189 e. The Bertz CT molecular complexity index is 841. The Morgan fingerprint density at radius 2 is 2.17 bits per heavy atom. The van der Waals surface area contributed by atoms with Crippen LogP contribution in [0.15, 0.2) is 39.9 Å². The lowest BCUT2D eigenvalue weighted by Gasteiger charge is -2.23. The molecule has 2 aromatic rings. The van der Waals surface area contributed by atoms with E-state index in [0.29, 0.717) is 24.3 Å². The summed E-state index contributed by atoms with van der Waals surface area (Å²) in [7, 11) is 0. The number of phenolic OH excluding ortho intramolecular Hbond substituents is 1. The highest BCUT2D eigenvalue weighted by molar-refractivity contribution is 9.10. The SMILES string of the molecule is Oc1ccc(F)cc1C1=NN[C@@H](c2cc(Br)cc3c2OCOC3)C1. The van der Waals surface area contributed by atoms with Crippen LogP contribution in [0.3, 0.4) is 0 Å². The predicted octanol–water partition coefficient (Wildman–Crippen LogP) is 3.60. The Kier molecular flexibility index (Phi) is 3.90. The molecule has 0 saturated heterocycles. The van der Waals surface area contributed by atoms with E-state index >= 15 is 0 Å². The van der Waals surface area contributed by atoms with Gasteiger partial charge in [-0.25, -0.2) is 4.39 Å². The van der Waals surface area contributed by atoms with Gasteiger partial charge in [0.05, 0.1) is 18.4 Å². The van der Waals surface area contributed by atoms with Crippen LogP contribution >= 0.6 is 15.9 Å². The molecule has 7 heteroatoms. The number of nitrogens with one attached hydrogen (secondary N) is 1. The molecule has 0 amide bonds. The first kappa shape index (κ1) is 15.4. The summed E-state index contributed by atoms with van der Waals surface area (Å²) in [5.41, 5.74) is 5.99. The van der Waals surface area contributed by atoms with Gasteiger partial charge in [-0.1, -0.05) is 15.9 Å². The van der Waals surface area contributed by atoms with Crippen LogP contribution in [0.5, 0.6) is 11.5 Å². The summed E-state index contributed by atoms with van der Waals surface area (Å²) in [5.74, 6) is 0.398. The summed E-state index contributed by atoms with van der Waals surface area (Å²) in [4.78, 5) is 0.